The molecule has 0 aliphatic rings. The van der Waals surface area contributed by atoms with Gasteiger partial charge in [-0.05, 0) is 25.1 Å². The van der Waals surface area contributed by atoms with Crippen LogP contribution in [-0.4, -0.2) is 9.97 Å². The number of fused-ring (bicyclic) bond motifs is 1. The molecule has 2 nitrogen and oxygen atoms in total. The number of nitrogens with one attached hydrogen (secondary N) is 1. The van der Waals surface area contributed by atoms with Crippen LogP contribution in [0.4, 0.5) is 0 Å². The largest absolute Gasteiger partial charge is 0.358 e. The van der Waals surface area contributed by atoms with E-state index in [2.05, 4.69) is 69.6 Å². The second-order valence-electron chi connectivity index (χ2n) is 5.22. The van der Waals surface area contributed by atoms with Crippen molar-refractivity contribution < 1.29 is 0 Å². The Morgan fingerprint density at radius 1 is 1.05 bits per heavy atom. The third-order valence-corrected chi connectivity index (χ3v) is 5.14. The van der Waals surface area contributed by atoms with Crippen molar-refractivity contribution in [3.05, 3.63) is 64.1 Å². The molecule has 22 heavy (non-hydrogen) atoms. The van der Waals surface area contributed by atoms with E-state index in [-0.39, 0.29) is 0 Å². The lowest BCUT2D eigenvalue weighted by atomic mass is 10.1. The third kappa shape index (κ3) is 2.28. The summed E-state index contributed by atoms with van der Waals surface area (Å²) < 4.78 is 1.08. The van der Waals surface area contributed by atoms with Crippen molar-refractivity contribution in [3.8, 4) is 21.8 Å². The molecule has 0 radical (unpaired) electrons. The molecule has 0 aliphatic carbocycles. The van der Waals surface area contributed by atoms with Gasteiger partial charge < -0.3 is 4.98 Å². The molecular formula is C18H13BrN2S. The maximum Gasteiger partial charge on any atom is 0.126 e. The van der Waals surface area contributed by atoms with E-state index in [0.717, 1.165) is 31.9 Å². The Labute approximate surface area is 141 Å². The lowest BCUT2D eigenvalue weighted by Gasteiger charge is -1.98. The summed E-state index contributed by atoms with van der Waals surface area (Å²) in [6, 6.07) is 16.6. The quantitative estimate of drug-likeness (QED) is 0.459. The summed E-state index contributed by atoms with van der Waals surface area (Å²) in [4.78, 5) is 8.29. The van der Waals surface area contributed by atoms with Crippen LogP contribution < -0.4 is 0 Å². The number of aromatic nitrogens is 2. The van der Waals surface area contributed by atoms with E-state index in [0.29, 0.717) is 0 Å². The van der Waals surface area contributed by atoms with Crippen molar-refractivity contribution in [1.29, 1.82) is 0 Å². The summed E-state index contributed by atoms with van der Waals surface area (Å²) in [5.74, 6) is 0. The summed E-state index contributed by atoms with van der Waals surface area (Å²) in [6.07, 6.45) is 0. The number of hydrogen-bond donors (Lipinski definition) is 1. The van der Waals surface area contributed by atoms with Gasteiger partial charge in [0, 0.05) is 37.6 Å². The Balaban J connectivity index is 1.83. The van der Waals surface area contributed by atoms with Crippen molar-refractivity contribution in [2.75, 3.05) is 0 Å². The minimum absolute atomic E-state index is 1.03. The van der Waals surface area contributed by atoms with Crippen LogP contribution in [0.25, 0.3) is 32.7 Å². The van der Waals surface area contributed by atoms with E-state index in [9.17, 15) is 0 Å². The van der Waals surface area contributed by atoms with Gasteiger partial charge in [-0.2, -0.15) is 0 Å². The molecule has 1 N–H and O–H groups in total. The average Bonchev–Trinajstić information content (AvgIpc) is 3.11. The fourth-order valence-corrected chi connectivity index (χ4v) is 3.90. The van der Waals surface area contributed by atoms with Gasteiger partial charge in [0.25, 0.3) is 0 Å². The van der Waals surface area contributed by atoms with Crippen molar-refractivity contribution in [3.63, 3.8) is 0 Å². The topological polar surface area (TPSA) is 28.7 Å². The molecule has 108 valence electrons. The highest BCUT2D eigenvalue weighted by Crippen LogP contribution is 2.36. The molecule has 2 aromatic carbocycles. The number of para-hydroxylation sites is 1. The number of aryl methyl sites for hydroxylation is 1. The summed E-state index contributed by atoms with van der Waals surface area (Å²) in [5, 5.41) is 4.42. The fraction of sp³-hybridized carbons (Fsp3) is 0.0556. The highest BCUT2D eigenvalue weighted by Gasteiger charge is 2.14. The second-order valence-corrected chi connectivity index (χ2v) is 6.99. The van der Waals surface area contributed by atoms with Crippen LogP contribution in [0.5, 0.6) is 0 Å². The van der Waals surface area contributed by atoms with Crippen molar-refractivity contribution in [2.45, 2.75) is 6.92 Å². The number of H-pyrrole nitrogens is 1. The number of nitrogens with zero attached hydrogens (tertiary/aromatic N) is 1. The first kappa shape index (κ1) is 13.7. The third-order valence-electron chi connectivity index (χ3n) is 3.75. The first-order chi connectivity index (χ1) is 10.7. The first-order valence-corrected chi connectivity index (χ1v) is 8.69. The van der Waals surface area contributed by atoms with Gasteiger partial charge in [-0.3, -0.25) is 0 Å². The summed E-state index contributed by atoms with van der Waals surface area (Å²) in [6.45, 7) is 2.11. The molecule has 0 bridgehead atoms. The number of aromatic amines is 1. The van der Waals surface area contributed by atoms with Gasteiger partial charge in [-0.25, -0.2) is 4.98 Å². The van der Waals surface area contributed by atoms with Gasteiger partial charge in [0.1, 0.15) is 5.01 Å². The molecule has 0 spiro atoms. The number of halogens is 1. The van der Waals surface area contributed by atoms with Crippen LogP contribution in [0.15, 0.2) is 58.4 Å². The van der Waals surface area contributed by atoms with Crippen LogP contribution in [0.1, 0.15) is 5.69 Å². The van der Waals surface area contributed by atoms with Gasteiger partial charge in [-0.1, -0.05) is 46.3 Å². The molecule has 4 heteroatoms. The zero-order valence-electron chi connectivity index (χ0n) is 11.9. The van der Waals surface area contributed by atoms with Gasteiger partial charge >= 0.3 is 0 Å². The molecule has 2 aromatic heterocycles. The minimum Gasteiger partial charge on any atom is -0.358 e. The van der Waals surface area contributed by atoms with Crippen LogP contribution >= 0.6 is 27.3 Å². The van der Waals surface area contributed by atoms with Gasteiger partial charge in [0.05, 0.1) is 5.69 Å². The van der Waals surface area contributed by atoms with Gasteiger partial charge in [0.2, 0.25) is 0 Å². The zero-order chi connectivity index (χ0) is 15.1. The summed E-state index contributed by atoms with van der Waals surface area (Å²) in [7, 11) is 0. The van der Waals surface area contributed by atoms with Crippen LogP contribution in [0.2, 0.25) is 0 Å². The molecule has 0 saturated heterocycles. The molecule has 0 amide bonds. The normalized spacial score (nSPS) is 11.2. The SMILES string of the molecule is Cc1[nH]c2ccccc2c1-c1nc(-c2ccc(Br)cc2)cs1. The first-order valence-electron chi connectivity index (χ1n) is 7.01. The smallest absolute Gasteiger partial charge is 0.126 e. The predicted octanol–water partition coefficient (Wildman–Crippen LogP) is 6.03. The minimum atomic E-state index is 1.03. The van der Waals surface area contributed by atoms with Crippen LogP contribution in [0, 0.1) is 6.92 Å². The van der Waals surface area contributed by atoms with E-state index in [4.69, 9.17) is 4.98 Å². The zero-order valence-corrected chi connectivity index (χ0v) is 14.3. The van der Waals surface area contributed by atoms with Crippen molar-refractivity contribution >= 4 is 38.2 Å². The van der Waals surface area contributed by atoms with Crippen LogP contribution in [-0.2, 0) is 0 Å². The van der Waals surface area contributed by atoms with E-state index < -0.39 is 0 Å². The van der Waals surface area contributed by atoms with Crippen molar-refractivity contribution in [1.82, 2.24) is 9.97 Å². The Morgan fingerprint density at radius 3 is 2.64 bits per heavy atom. The summed E-state index contributed by atoms with van der Waals surface area (Å²) >= 11 is 5.16. The highest BCUT2D eigenvalue weighted by molar-refractivity contribution is 9.10. The molecule has 0 fully saturated rings. The highest BCUT2D eigenvalue weighted by atomic mass is 79.9. The lowest BCUT2D eigenvalue weighted by molar-refractivity contribution is 1.29. The predicted molar refractivity (Wildman–Crippen MR) is 97.3 cm³/mol. The molecule has 2 heterocycles. The summed E-state index contributed by atoms with van der Waals surface area (Å²) in [5.41, 5.74) is 5.71. The standard InChI is InChI=1S/C18H13BrN2S/c1-11-17(14-4-2-3-5-15(14)20-11)18-21-16(10-22-18)12-6-8-13(19)9-7-12/h2-10,20H,1H3. The molecule has 0 aliphatic heterocycles. The van der Waals surface area contributed by atoms with Gasteiger partial charge in [-0.15, -0.1) is 11.3 Å². The van der Waals surface area contributed by atoms with E-state index in [1.54, 1.807) is 11.3 Å². The lowest BCUT2D eigenvalue weighted by Crippen LogP contribution is -1.81. The molecule has 0 atom stereocenters. The maximum absolute atomic E-state index is 4.85. The van der Waals surface area contributed by atoms with Crippen molar-refractivity contribution in [2.24, 2.45) is 0 Å². The number of rotatable bonds is 2. The fourth-order valence-electron chi connectivity index (χ4n) is 2.69. The molecule has 0 saturated carbocycles. The molecule has 4 rings (SSSR count). The number of hydrogen-bond acceptors (Lipinski definition) is 2. The maximum atomic E-state index is 4.85. The average molecular weight is 369 g/mol. The molecule has 0 unspecified atom stereocenters. The number of thiazole rings is 1. The number of benzene rings is 2. The van der Waals surface area contributed by atoms with E-state index in [1.165, 1.54) is 10.9 Å². The van der Waals surface area contributed by atoms with E-state index in [1.807, 2.05) is 12.1 Å². The second kappa shape index (κ2) is 5.38. The Hall–Kier alpha value is -1.91. The Morgan fingerprint density at radius 2 is 1.82 bits per heavy atom. The molecular weight excluding hydrogens is 356 g/mol. The van der Waals surface area contributed by atoms with Gasteiger partial charge in [0.15, 0.2) is 0 Å². The molecule has 4 aromatic rings. The monoisotopic (exact) mass is 368 g/mol. The Kier molecular flexibility index (Phi) is 3.36. The van der Waals surface area contributed by atoms with Crippen LogP contribution in [0.3, 0.4) is 0 Å². The van der Waals surface area contributed by atoms with E-state index >= 15 is 0 Å². The Bertz CT molecular complexity index is 951.